The highest BCUT2D eigenvalue weighted by Crippen LogP contribution is 2.25. The number of carbonyl (C=O) groups is 2. The molecule has 0 saturated heterocycles. The number of hydrogen-bond acceptors (Lipinski definition) is 6. The number of ether oxygens (including phenoxy) is 1. The van der Waals surface area contributed by atoms with E-state index in [4.69, 9.17) is 16.3 Å². The Morgan fingerprint density at radius 3 is 2.50 bits per heavy atom. The van der Waals surface area contributed by atoms with Gasteiger partial charge in [-0.3, -0.25) is 14.9 Å². The number of benzene rings is 2. The van der Waals surface area contributed by atoms with Crippen molar-refractivity contribution in [1.29, 1.82) is 0 Å². The molecule has 0 bridgehead atoms. The number of nitro groups is 1. The molecular formula is C20H12ClNO5S. The van der Waals surface area contributed by atoms with Crippen LogP contribution in [-0.2, 0) is 0 Å². The molecule has 0 aliphatic heterocycles. The smallest absolute Gasteiger partial charge is 0.343 e. The summed E-state index contributed by atoms with van der Waals surface area (Å²) >= 11 is 7.46. The zero-order valence-corrected chi connectivity index (χ0v) is 15.8. The van der Waals surface area contributed by atoms with E-state index in [2.05, 4.69) is 0 Å². The van der Waals surface area contributed by atoms with Gasteiger partial charge in [-0.2, -0.15) is 0 Å². The van der Waals surface area contributed by atoms with Gasteiger partial charge in [0.15, 0.2) is 5.78 Å². The van der Waals surface area contributed by atoms with E-state index >= 15 is 0 Å². The molecule has 0 amide bonds. The fraction of sp³-hybridized carbons (Fsp3) is 0. The van der Waals surface area contributed by atoms with Crippen LogP contribution < -0.4 is 4.74 Å². The number of allylic oxidation sites excluding steroid dienone is 1. The van der Waals surface area contributed by atoms with Gasteiger partial charge in [0.2, 0.25) is 0 Å². The van der Waals surface area contributed by atoms with E-state index in [1.807, 2.05) is 17.5 Å². The van der Waals surface area contributed by atoms with Gasteiger partial charge in [0, 0.05) is 22.0 Å². The molecule has 6 nitrogen and oxygen atoms in total. The van der Waals surface area contributed by atoms with E-state index in [1.165, 1.54) is 59.9 Å². The second-order valence-corrected chi connectivity index (χ2v) is 6.96. The van der Waals surface area contributed by atoms with E-state index in [1.54, 1.807) is 6.08 Å². The Labute approximate surface area is 168 Å². The summed E-state index contributed by atoms with van der Waals surface area (Å²) in [5.41, 5.74) is 0.112. The summed E-state index contributed by atoms with van der Waals surface area (Å²) in [5, 5.41) is 12.9. The largest absolute Gasteiger partial charge is 0.422 e. The number of hydrogen-bond donors (Lipinski definition) is 0. The highest BCUT2D eigenvalue weighted by molar-refractivity contribution is 7.10. The topological polar surface area (TPSA) is 86.5 Å². The molecule has 1 aromatic heterocycles. The lowest BCUT2D eigenvalue weighted by Gasteiger charge is -2.09. The van der Waals surface area contributed by atoms with Crippen LogP contribution in [0.5, 0.6) is 5.75 Å². The van der Waals surface area contributed by atoms with Crippen LogP contribution in [0.3, 0.4) is 0 Å². The van der Waals surface area contributed by atoms with Crippen LogP contribution in [0.2, 0.25) is 5.02 Å². The maximum absolute atomic E-state index is 12.5. The van der Waals surface area contributed by atoms with Crippen molar-refractivity contribution in [3.63, 3.8) is 0 Å². The standard InChI is InChI=1S/C20H12ClNO5S/c21-14-5-10-19(17(12-14)18(23)9-8-16-2-1-11-28-16)27-20(24)13-3-6-15(7-4-13)22(25)26/h1-12H. The van der Waals surface area contributed by atoms with Crippen molar-refractivity contribution >= 4 is 46.5 Å². The number of thiophene rings is 1. The Morgan fingerprint density at radius 2 is 1.86 bits per heavy atom. The average molecular weight is 414 g/mol. The normalized spacial score (nSPS) is 10.8. The molecule has 2 aromatic carbocycles. The van der Waals surface area contributed by atoms with Crippen LogP contribution in [0.25, 0.3) is 6.08 Å². The highest BCUT2D eigenvalue weighted by Gasteiger charge is 2.17. The summed E-state index contributed by atoms with van der Waals surface area (Å²) < 4.78 is 5.33. The minimum absolute atomic E-state index is 0.0496. The fourth-order valence-electron chi connectivity index (χ4n) is 2.30. The van der Waals surface area contributed by atoms with E-state index in [0.29, 0.717) is 5.02 Å². The zero-order chi connectivity index (χ0) is 20.1. The molecule has 0 atom stereocenters. The van der Waals surface area contributed by atoms with Gasteiger partial charge >= 0.3 is 5.97 Å². The first-order valence-corrected chi connectivity index (χ1v) is 9.22. The Morgan fingerprint density at radius 1 is 1.11 bits per heavy atom. The third-order valence-corrected chi connectivity index (χ3v) is 4.74. The number of non-ortho nitro benzene ring substituents is 1. The maximum atomic E-state index is 12.5. The molecule has 0 spiro atoms. The molecule has 0 aliphatic carbocycles. The third-order valence-electron chi connectivity index (χ3n) is 3.67. The van der Waals surface area contributed by atoms with Gasteiger partial charge in [-0.25, -0.2) is 4.79 Å². The highest BCUT2D eigenvalue weighted by atomic mass is 35.5. The maximum Gasteiger partial charge on any atom is 0.343 e. The van der Waals surface area contributed by atoms with Crippen LogP contribution in [0.1, 0.15) is 25.6 Å². The summed E-state index contributed by atoms with van der Waals surface area (Å²) in [5.74, 6) is -1.07. The third kappa shape index (κ3) is 4.70. The van der Waals surface area contributed by atoms with Crippen molar-refractivity contribution < 1.29 is 19.2 Å². The molecule has 0 unspecified atom stereocenters. The first-order chi connectivity index (χ1) is 13.4. The van der Waals surface area contributed by atoms with Crippen molar-refractivity contribution in [3.8, 4) is 5.75 Å². The summed E-state index contributed by atoms with van der Waals surface area (Å²) in [6, 6.07) is 13.1. The molecule has 28 heavy (non-hydrogen) atoms. The van der Waals surface area contributed by atoms with Crippen molar-refractivity contribution in [2.45, 2.75) is 0 Å². The number of halogens is 1. The number of esters is 1. The molecule has 140 valence electrons. The zero-order valence-electron chi connectivity index (χ0n) is 14.2. The molecule has 0 radical (unpaired) electrons. The van der Waals surface area contributed by atoms with Crippen molar-refractivity contribution in [2.24, 2.45) is 0 Å². The predicted octanol–water partition coefficient (Wildman–Crippen LogP) is 5.43. The Balaban J connectivity index is 1.82. The number of rotatable bonds is 6. The van der Waals surface area contributed by atoms with Gasteiger partial charge in [0.05, 0.1) is 16.1 Å². The van der Waals surface area contributed by atoms with Gasteiger partial charge in [-0.05, 0) is 53.9 Å². The van der Waals surface area contributed by atoms with Crippen LogP contribution in [-0.4, -0.2) is 16.7 Å². The van der Waals surface area contributed by atoms with Gasteiger partial charge < -0.3 is 4.74 Å². The number of nitro benzene ring substituents is 1. The minimum Gasteiger partial charge on any atom is -0.422 e. The lowest BCUT2D eigenvalue weighted by atomic mass is 10.1. The summed E-state index contributed by atoms with van der Waals surface area (Å²) in [6.45, 7) is 0. The van der Waals surface area contributed by atoms with Crippen molar-refractivity contribution in [3.05, 3.63) is 97.2 Å². The molecule has 3 aromatic rings. The van der Waals surface area contributed by atoms with Crippen molar-refractivity contribution in [2.75, 3.05) is 0 Å². The Bertz CT molecular complexity index is 1060. The Hall–Kier alpha value is -3.29. The lowest BCUT2D eigenvalue weighted by Crippen LogP contribution is -2.11. The lowest BCUT2D eigenvalue weighted by molar-refractivity contribution is -0.384. The number of carbonyl (C=O) groups excluding carboxylic acids is 2. The quantitative estimate of drug-likeness (QED) is 0.134. The van der Waals surface area contributed by atoms with Crippen LogP contribution in [0.15, 0.2) is 66.1 Å². The second-order valence-electron chi connectivity index (χ2n) is 5.55. The molecular weight excluding hydrogens is 402 g/mol. The molecule has 0 N–H and O–H groups in total. The second kappa shape index (κ2) is 8.60. The van der Waals surface area contributed by atoms with E-state index < -0.39 is 10.9 Å². The van der Waals surface area contributed by atoms with Crippen molar-refractivity contribution in [1.82, 2.24) is 0 Å². The molecule has 1 heterocycles. The molecule has 3 rings (SSSR count). The van der Waals surface area contributed by atoms with Gasteiger partial charge in [0.1, 0.15) is 5.75 Å². The molecule has 8 heteroatoms. The minimum atomic E-state index is -0.742. The van der Waals surface area contributed by atoms with Crippen LogP contribution >= 0.6 is 22.9 Å². The predicted molar refractivity (Wildman–Crippen MR) is 107 cm³/mol. The summed E-state index contributed by atoms with van der Waals surface area (Å²) in [4.78, 5) is 35.9. The Kier molecular flexibility index (Phi) is 5.98. The van der Waals surface area contributed by atoms with Gasteiger partial charge in [0.25, 0.3) is 5.69 Å². The number of nitrogens with zero attached hydrogens (tertiary/aromatic N) is 1. The van der Waals surface area contributed by atoms with E-state index in [-0.39, 0.29) is 28.3 Å². The van der Waals surface area contributed by atoms with E-state index in [0.717, 1.165) is 4.88 Å². The van der Waals surface area contributed by atoms with E-state index in [9.17, 15) is 19.7 Å². The average Bonchev–Trinajstić information content (AvgIpc) is 3.21. The monoisotopic (exact) mass is 413 g/mol. The first kappa shape index (κ1) is 19.5. The fourth-order valence-corrected chi connectivity index (χ4v) is 3.09. The molecule has 0 aliphatic rings. The first-order valence-electron chi connectivity index (χ1n) is 7.96. The van der Waals surface area contributed by atoms with Gasteiger partial charge in [-0.1, -0.05) is 17.7 Å². The molecule has 0 fully saturated rings. The molecule has 0 saturated carbocycles. The van der Waals surface area contributed by atoms with Crippen LogP contribution in [0, 0.1) is 10.1 Å². The number of ketones is 1. The summed E-state index contributed by atoms with van der Waals surface area (Å²) in [6.07, 6.45) is 3.04. The summed E-state index contributed by atoms with van der Waals surface area (Å²) in [7, 11) is 0. The van der Waals surface area contributed by atoms with Crippen LogP contribution in [0.4, 0.5) is 5.69 Å². The van der Waals surface area contributed by atoms with Gasteiger partial charge in [-0.15, -0.1) is 11.3 Å². The SMILES string of the molecule is O=C(Oc1ccc(Cl)cc1C(=O)C=Cc1cccs1)c1ccc([N+](=O)[O-])cc1.